The largest absolute Gasteiger partial charge is 0.497 e. The molecule has 32 heavy (non-hydrogen) atoms. The molecule has 5 rings (SSSR count). The molecule has 0 saturated heterocycles. The number of nitrogens with zero attached hydrogens (tertiary/aromatic N) is 2. The lowest BCUT2D eigenvalue weighted by Gasteiger charge is -2.31. The summed E-state index contributed by atoms with van der Waals surface area (Å²) in [6.45, 7) is 2.24. The van der Waals surface area contributed by atoms with Crippen LogP contribution in [0.3, 0.4) is 0 Å². The molecular weight excluding hydrogens is 405 g/mol. The zero-order chi connectivity index (χ0) is 22.2. The Morgan fingerprint density at radius 2 is 1.97 bits per heavy atom. The smallest absolute Gasteiger partial charge is 0.292 e. The fourth-order valence-electron chi connectivity index (χ4n) is 5.37. The Kier molecular flexibility index (Phi) is 5.45. The van der Waals surface area contributed by atoms with Crippen LogP contribution in [0.25, 0.3) is 22.0 Å². The number of nitrogens with two attached hydrogens (primary N) is 1. The van der Waals surface area contributed by atoms with E-state index >= 15 is 0 Å². The van der Waals surface area contributed by atoms with Gasteiger partial charge in [0.15, 0.2) is 5.58 Å². The number of benzene rings is 2. The molecule has 2 N–H and O–H groups in total. The number of pyridine rings is 1. The molecule has 2 aromatic carbocycles. The van der Waals surface area contributed by atoms with E-state index in [0.717, 1.165) is 59.8 Å². The second kappa shape index (κ2) is 8.41. The van der Waals surface area contributed by atoms with E-state index in [-0.39, 0.29) is 11.8 Å². The summed E-state index contributed by atoms with van der Waals surface area (Å²) in [6, 6.07) is 11.0. The van der Waals surface area contributed by atoms with Crippen LogP contribution in [-0.4, -0.2) is 17.1 Å². The van der Waals surface area contributed by atoms with Crippen LogP contribution in [0.1, 0.15) is 62.0 Å². The highest BCUT2D eigenvalue weighted by Crippen LogP contribution is 2.42. The predicted molar refractivity (Wildman–Crippen MR) is 124 cm³/mol. The molecule has 0 aliphatic heterocycles. The lowest BCUT2D eigenvalue weighted by molar-refractivity contribution is 0.298. The maximum Gasteiger partial charge on any atom is 0.292 e. The van der Waals surface area contributed by atoms with Gasteiger partial charge in [0.1, 0.15) is 17.1 Å². The Morgan fingerprint density at radius 3 is 2.75 bits per heavy atom. The van der Waals surface area contributed by atoms with Gasteiger partial charge >= 0.3 is 0 Å². The standard InChI is InChI=1S/C26H28FN3O2/c1-15(21-13-19(31-2)14-24-25(21)30-26(28)32-24)11-16-3-5-17(6-4-16)20-9-10-29-23-8-7-18(27)12-22(20)23/h7-10,12-17H,3-6,11H2,1-2H3,(H2,28,30)/t15-,16?,17?/m1/s1. The molecule has 166 valence electrons. The fourth-order valence-corrected chi connectivity index (χ4v) is 5.37. The molecule has 1 fully saturated rings. The van der Waals surface area contributed by atoms with Crippen LogP contribution in [0, 0.1) is 11.7 Å². The van der Waals surface area contributed by atoms with Gasteiger partial charge in [-0.05, 0) is 91.3 Å². The van der Waals surface area contributed by atoms with E-state index in [0.29, 0.717) is 23.3 Å². The van der Waals surface area contributed by atoms with E-state index in [1.54, 1.807) is 19.2 Å². The van der Waals surface area contributed by atoms with Crippen LogP contribution in [-0.2, 0) is 0 Å². The summed E-state index contributed by atoms with van der Waals surface area (Å²) >= 11 is 0. The summed E-state index contributed by atoms with van der Waals surface area (Å²) in [5.74, 6) is 1.96. The van der Waals surface area contributed by atoms with Crippen molar-refractivity contribution in [2.75, 3.05) is 12.8 Å². The molecule has 2 heterocycles. The minimum Gasteiger partial charge on any atom is -0.497 e. The SMILES string of the molecule is COc1cc([C@H](C)CC2CCC(c3ccnc4ccc(F)cc34)CC2)c2nc(N)oc2c1. The molecule has 4 aromatic rings. The average molecular weight is 434 g/mol. The topological polar surface area (TPSA) is 74.2 Å². The van der Waals surface area contributed by atoms with Crippen molar-refractivity contribution in [3.05, 3.63) is 59.5 Å². The lowest BCUT2D eigenvalue weighted by Crippen LogP contribution is -2.16. The Labute approximate surface area is 186 Å². The van der Waals surface area contributed by atoms with Gasteiger partial charge < -0.3 is 14.9 Å². The number of anilines is 1. The Balaban J connectivity index is 1.31. The van der Waals surface area contributed by atoms with E-state index in [4.69, 9.17) is 14.9 Å². The molecule has 6 heteroatoms. The summed E-state index contributed by atoms with van der Waals surface area (Å²) in [5, 5.41) is 0.951. The number of rotatable bonds is 5. The predicted octanol–water partition coefficient (Wildman–Crippen LogP) is 6.57. The number of aromatic nitrogens is 2. The molecule has 0 radical (unpaired) electrons. The summed E-state index contributed by atoms with van der Waals surface area (Å²) in [7, 11) is 1.66. The van der Waals surface area contributed by atoms with Gasteiger partial charge in [-0.3, -0.25) is 4.98 Å². The Morgan fingerprint density at radius 1 is 1.16 bits per heavy atom. The van der Waals surface area contributed by atoms with Gasteiger partial charge in [-0.1, -0.05) is 6.92 Å². The first-order valence-corrected chi connectivity index (χ1v) is 11.3. The summed E-state index contributed by atoms with van der Waals surface area (Å²) < 4.78 is 24.9. The number of fused-ring (bicyclic) bond motifs is 2. The van der Waals surface area contributed by atoms with Crippen LogP contribution in [0.15, 0.2) is 47.0 Å². The van der Waals surface area contributed by atoms with Crippen molar-refractivity contribution in [2.45, 2.75) is 50.9 Å². The molecule has 1 atom stereocenters. The minimum absolute atomic E-state index is 0.184. The molecule has 1 aliphatic carbocycles. The van der Waals surface area contributed by atoms with Crippen molar-refractivity contribution in [3.63, 3.8) is 0 Å². The normalized spacial score (nSPS) is 20.0. The van der Waals surface area contributed by atoms with Crippen molar-refractivity contribution < 1.29 is 13.5 Å². The third kappa shape index (κ3) is 3.90. The fraction of sp³-hybridized carbons (Fsp3) is 0.385. The van der Waals surface area contributed by atoms with Crippen molar-refractivity contribution in [1.29, 1.82) is 0 Å². The highest BCUT2D eigenvalue weighted by atomic mass is 19.1. The molecule has 5 nitrogen and oxygen atoms in total. The van der Waals surface area contributed by atoms with Crippen molar-refractivity contribution in [2.24, 2.45) is 5.92 Å². The molecule has 2 aromatic heterocycles. The Hall–Kier alpha value is -3.15. The van der Waals surface area contributed by atoms with Crippen LogP contribution < -0.4 is 10.5 Å². The van der Waals surface area contributed by atoms with Crippen LogP contribution in [0.2, 0.25) is 0 Å². The number of halogens is 1. The van der Waals surface area contributed by atoms with E-state index in [1.807, 2.05) is 12.3 Å². The van der Waals surface area contributed by atoms with Crippen LogP contribution in [0.4, 0.5) is 10.4 Å². The van der Waals surface area contributed by atoms with E-state index < -0.39 is 0 Å². The average Bonchev–Trinajstić information content (AvgIpc) is 3.18. The van der Waals surface area contributed by atoms with E-state index in [9.17, 15) is 4.39 Å². The summed E-state index contributed by atoms with van der Waals surface area (Å²) in [5.41, 5.74) is 10.5. The highest BCUT2D eigenvalue weighted by Gasteiger charge is 2.26. The summed E-state index contributed by atoms with van der Waals surface area (Å²) in [6.07, 6.45) is 7.45. The van der Waals surface area contributed by atoms with Crippen LogP contribution >= 0.6 is 0 Å². The number of hydrogen-bond donors (Lipinski definition) is 1. The van der Waals surface area contributed by atoms with E-state index in [2.05, 4.69) is 29.0 Å². The third-order valence-corrected chi connectivity index (χ3v) is 6.99. The molecule has 0 amide bonds. The molecular formula is C26H28FN3O2. The Bertz CT molecular complexity index is 1260. The summed E-state index contributed by atoms with van der Waals surface area (Å²) in [4.78, 5) is 8.82. The molecule has 0 unspecified atom stereocenters. The van der Waals surface area contributed by atoms with Gasteiger partial charge in [-0.2, -0.15) is 4.98 Å². The number of nitrogen functional groups attached to an aromatic ring is 1. The quantitative estimate of drug-likeness (QED) is 0.385. The monoisotopic (exact) mass is 433 g/mol. The second-order valence-corrected chi connectivity index (χ2v) is 9.03. The van der Waals surface area contributed by atoms with Crippen LogP contribution in [0.5, 0.6) is 5.75 Å². The van der Waals surface area contributed by atoms with Crippen molar-refractivity contribution in [1.82, 2.24) is 9.97 Å². The van der Waals surface area contributed by atoms with Gasteiger partial charge in [0.05, 0.1) is 12.6 Å². The first kappa shape index (κ1) is 20.7. The molecule has 0 bridgehead atoms. The third-order valence-electron chi connectivity index (χ3n) is 6.99. The minimum atomic E-state index is -0.202. The van der Waals surface area contributed by atoms with E-state index in [1.165, 1.54) is 11.6 Å². The van der Waals surface area contributed by atoms with Gasteiger partial charge in [0.25, 0.3) is 6.01 Å². The molecule has 0 spiro atoms. The zero-order valence-electron chi connectivity index (χ0n) is 18.5. The first-order chi connectivity index (χ1) is 15.5. The number of methoxy groups -OCH3 is 1. The van der Waals surface area contributed by atoms with Crippen molar-refractivity contribution in [3.8, 4) is 5.75 Å². The number of ether oxygens (including phenoxy) is 1. The van der Waals surface area contributed by atoms with Gasteiger partial charge in [0.2, 0.25) is 0 Å². The first-order valence-electron chi connectivity index (χ1n) is 11.3. The second-order valence-electron chi connectivity index (χ2n) is 9.03. The van der Waals surface area contributed by atoms with Gasteiger partial charge in [-0.15, -0.1) is 0 Å². The molecule has 1 aliphatic rings. The van der Waals surface area contributed by atoms with Crippen molar-refractivity contribution >= 4 is 28.0 Å². The van der Waals surface area contributed by atoms with Gasteiger partial charge in [0, 0.05) is 17.6 Å². The maximum absolute atomic E-state index is 13.9. The highest BCUT2D eigenvalue weighted by molar-refractivity contribution is 5.82. The lowest BCUT2D eigenvalue weighted by atomic mass is 9.74. The number of oxazole rings is 1. The maximum atomic E-state index is 13.9. The zero-order valence-corrected chi connectivity index (χ0v) is 18.5. The number of hydrogen-bond acceptors (Lipinski definition) is 5. The van der Waals surface area contributed by atoms with Gasteiger partial charge in [-0.25, -0.2) is 4.39 Å². The molecule has 1 saturated carbocycles.